The Labute approximate surface area is 172 Å². The van der Waals surface area contributed by atoms with Crippen molar-refractivity contribution >= 4 is 11.9 Å². The summed E-state index contributed by atoms with van der Waals surface area (Å²) in [6, 6.07) is 4.07. The number of hydrogen-bond acceptors (Lipinski definition) is 7. The number of esters is 2. The van der Waals surface area contributed by atoms with Gasteiger partial charge >= 0.3 is 11.9 Å². The number of methoxy groups -OCH3 is 2. The summed E-state index contributed by atoms with van der Waals surface area (Å²) in [6.07, 6.45) is 2.91. The van der Waals surface area contributed by atoms with Crippen LogP contribution >= 0.6 is 0 Å². The Hall–Kier alpha value is -2.28. The first kappa shape index (κ1) is 21.4. The van der Waals surface area contributed by atoms with E-state index in [2.05, 4.69) is 5.32 Å². The number of benzene rings is 1. The zero-order chi connectivity index (χ0) is 21.1. The summed E-state index contributed by atoms with van der Waals surface area (Å²) < 4.78 is 21.5. The van der Waals surface area contributed by atoms with E-state index in [0.29, 0.717) is 37.2 Å². The lowest BCUT2D eigenvalue weighted by molar-refractivity contribution is -0.176. The Morgan fingerprint density at radius 3 is 2.00 bits per heavy atom. The van der Waals surface area contributed by atoms with Crippen LogP contribution in [0.4, 0.5) is 0 Å². The Balaban J connectivity index is 1.94. The summed E-state index contributed by atoms with van der Waals surface area (Å²) in [5.74, 6) is 0.446. The standard InChI is InChI=1S/C22H31NO6/c1-5-28-19(24)21(20(25)29-6-2)8-10-22(11-9-21)16-14-18(27-4)17(26-3)13-15(16)7-12-23-22/h13-14,23H,5-12H2,1-4H3. The van der Waals surface area contributed by atoms with Crippen LogP contribution in [0.5, 0.6) is 11.5 Å². The normalized spacial score (nSPS) is 19.2. The summed E-state index contributed by atoms with van der Waals surface area (Å²) in [7, 11) is 3.26. The van der Waals surface area contributed by atoms with Crippen molar-refractivity contribution in [2.24, 2.45) is 5.41 Å². The molecule has 2 aliphatic rings. The van der Waals surface area contributed by atoms with E-state index in [1.807, 2.05) is 12.1 Å². The topological polar surface area (TPSA) is 83.1 Å². The van der Waals surface area contributed by atoms with E-state index in [4.69, 9.17) is 18.9 Å². The first-order valence-electron chi connectivity index (χ1n) is 10.3. The molecule has 1 aromatic carbocycles. The molecule has 0 amide bonds. The molecule has 1 aliphatic heterocycles. The summed E-state index contributed by atoms with van der Waals surface area (Å²) in [5, 5.41) is 3.66. The first-order valence-corrected chi connectivity index (χ1v) is 10.3. The number of nitrogens with one attached hydrogen (secondary N) is 1. The van der Waals surface area contributed by atoms with Crippen molar-refractivity contribution in [3.05, 3.63) is 23.3 Å². The predicted molar refractivity (Wildman–Crippen MR) is 107 cm³/mol. The Morgan fingerprint density at radius 2 is 1.48 bits per heavy atom. The maximum absolute atomic E-state index is 12.8. The van der Waals surface area contributed by atoms with Crippen LogP contribution in [0.25, 0.3) is 0 Å². The zero-order valence-electron chi connectivity index (χ0n) is 17.8. The molecule has 160 valence electrons. The van der Waals surface area contributed by atoms with Gasteiger partial charge in [-0.15, -0.1) is 0 Å². The third-order valence-corrected chi connectivity index (χ3v) is 6.27. The quantitative estimate of drug-likeness (QED) is 0.575. The molecule has 0 aromatic heterocycles. The second-order valence-corrected chi connectivity index (χ2v) is 7.65. The van der Waals surface area contributed by atoms with Gasteiger partial charge in [0, 0.05) is 12.1 Å². The number of carbonyl (C=O) groups excluding carboxylic acids is 2. The maximum Gasteiger partial charge on any atom is 0.323 e. The highest BCUT2D eigenvalue weighted by molar-refractivity contribution is 6.00. The molecule has 0 bridgehead atoms. The van der Waals surface area contributed by atoms with Crippen molar-refractivity contribution in [2.45, 2.75) is 51.5 Å². The SMILES string of the molecule is CCOC(=O)C1(C(=O)OCC)CCC2(CC1)NCCc1cc(OC)c(OC)cc12. The lowest BCUT2D eigenvalue weighted by Crippen LogP contribution is -2.55. The summed E-state index contributed by atoms with van der Waals surface area (Å²) in [5.41, 5.74) is 0.826. The van der Waals surface area contributed by atoms with Crippen LogP contribution in [-0.2, 0) is 31.0 Å². The number of ether oxygens (including phenoxy) is 4. The van der Waals surface area contributed by atoms with E-state index in [1.165, 1.54) is 5.56 Å². The molecule has 1 aromatic rings. The molecule has 0 unspecified atom stereocenters. The van der Waals surface area contributed by atoms with Gasteiger partial charge in [-0.05, 0) is 69.2 Å². The van der Waals surface area contributed by atoms with Crippen molar-refractivity contribution in [1.29, 1.82) is 0 Å². The molecule has 7 nitrogen and oxygen atoms in total. The highest BCUT2D eigenvalue weighted by atomic mass is 16.6. The number of carbonyl (C=O) groups is 2. The fourth-order valence-corrected chi connectivity index (χ4v) is 4.68. The molecule has 7 heteroatoms. The molecule has 1 N–H and O–H groups in total. The second-order valence-electron chi connectivity index (χ2n) is 7.65. The Morgan fingerprint density at radius 1 is 0.931 bits per heavy atom. The van der Waals surface area contributed by atoms with Gasteiger partial charge in [0.1, 0.15) is 0 Å². The molecule has 1 fully saturated rings. The van der Waals surface area contributed by atoms with Crippen LogP contribution in [0.3, 0.4) is 0 Å². The fraction of sp³-hybridized carbons (Fsp3) is 0.636. The van der Waals surface area contributed by atoms with Gasteiger partial charge in [-0.3, -0.25) is 9.59 Å². The minimum Gasteiger partial charge on any atom is -0.493 e. The van der Waals surface area contributed by atoms with Crippen LogP contribution in [0.2, 0.25) is 0 Å². The molecule has 1 heterocycles. The summed E-state index contributed by atoms with van der Waals surface area (Å²) in [4.78, 5) is 25.5. The lowest BCUT2D eigenvalue weighted by Gasteiger charge is -2.47. The van der Waals surface area contributed by atoms with Gasteiger partial charge in [0.05, 0.1) is 27.4 Å². The van der Waals surface area contributed by atoms with E-state index in [0.717, 1.165) is 18.5 Å². The maximum atomic E-state index is 12.8. The van der Waals surface area contributed by atoms with Crippen LogP contribution in [0.15, 0.2) is 12.1 Å². The van der Waals surface area contributed by atoms with Crippen LogP contribution in [0.1, 0.15) is 50.7 Å². The summed E-state index contributed by atoms with van der Waals surface area (Å²) >= 11 is 0. The average Bonchev–Trinajstić information content (AvgIpc) is 2.74. The van der Waals surface area contributed by atoms with E-state index in [1.54, 1.807) is 28.1 Å². The van der Waals surface area contributed by atoms with Gasteiger partial charge in [-0.2, -0.15) is 0 Å². The minimum atomic E-state index is -1.23. The van der Waals surface area contributed by atoms with Crippen LogP contribution in [-0.4, -0.2) is 45.9 Å². The molecule has 0 saturated heterocycles. The zero-order valence-corrected chi connectivity index (χ0v) is 17.8. The molecular formula is C22H31NO6. The second kappa shape index (κ2) is 8.61. The smallest absolute Gasteiger partial charge is 0.323 e. The Bertz CT molecular complexity index is 747. The van der Waals surface area contributed by atoms with Crippen molar-refractivity contribution in [3.63, 3.8) is 0 Å². The molecule has 0 radical (unpaired) electrons. The third kappa shape index (κ3) is 3.68. The van der Waals surface area contributed by atoms with Crippen molar-refractivity contribution < 1.29 is 28.5 Å². The van der Waals surface area contributed by atoms with Crippen LogP contribution in [0, 0.1) is 5.41 Å². The number of hydrogen-bond donors (Lipinski definition) is 1. The molecule has 29 heavy (non-hydrogen) atoms. The molecule has 1 saturated carbocycles. The average molecular weight is 405 g/mol. The highest BCUT2D eigenvalue weighted by Crippen LogP contribution is 2.50. The van der Waals surface area contributed by atoms with Crippen molar-refractivity contribution in [2.75, 3.05) is 34.0 Å². The van der Waals surface area contributed by atoms with Gasteiger partial charge < -0.3 is 24.3 Å². The van der Waals surface area contributed by atoms with Gasteiger partial charge in [0.15, 0.2) is 16.9 Å². The van der Waals surface area contributed by atoms with Gasteiger partial charge in [0.25, 0.3) is 0 Å². The predicted octanol–water partition coefficient (Wildman–Crippen LogP) is 2.73. The fourth-order valence-electron chi connectivity index (χ4n) is 4.68. The van der Waals surface area contributed by atoms with Gasteiger partial charge in [-0.25, -0.2) is 0 Å². The minimum absolute atomic E-state index is 0.239. The molecule has 1 spiro atoms. The molecule has 3 rings (SSSR count). The van der Waals surface area contributed by atoms with Crippen molar-refractivity contribution in [1.82, 2.24) is 5.32 Å². The molecule has 0 atom stereocenters. The first-order chi connectivity index (χ1) is 14.0. The van der Waals surface area contributed by atoms with Crippen LogP contribution < -0.4 is 14.8 Å². The lowest BCUT2D eigenvalue weighted by atomic mass is 9.63. The Kier molecular flexibility index (Phi) is 6.36. The highest BCUT2D eigenvalue weighted by Gasteiger charge is 2.55. The van der Waals surface area contributed by atoms with Gasteiger partial charge in [0.2, 0.25) is 0 Å². The third-order valence-electron chi connectivity index (χ3n) is 6.27. The summed E-state index contributed by atoms with van der Waals surface area (Å²) in [6.45, 7) is 4.81. The van der Waals surface area contributed by atoms with E-state index < -0.39 is 17.4 Å². The molecular weight excluding hydrogens is 374 g/mol. The number of rotatable bonds is 6. The largest absolute Gasteiger partial charge is 0.493 e. The number of fused-ring (bicyclic) bond motifs is 2. The van der Waals surface area contributed by atoms with E-state index >= 15 is 0 Å². The monoisotopic (exact) mass is 405 g/mol. The van der Waals surface area contributed by atoms with E-state index in [9.17, 15) is 9.59 Å². The van der Waals surface area contributed by atoms with Gasteiger partial charge in [-0.1, -0.05) is 0 Å². The van der Waals surface area contributed by atoms with E-state index in [-0.39, 0.29) is 18.8 Å². The van der Waals surface area contributed by atoms with Crippen molar-refractivity contribution in [3.8, 4) is 11.5 Å². The molecule has 1 aliphatic carbocycles.